The van der Waals surface area contributed by atoms with Crippen LogP contribution in [-0.2, 0) is 4.74 Å². The molecule has 3 atom stereocenters. The van der Waals surface area contributed by atoms with Gasteiger partial charge >= 0.3 is 0 Å². The van der Waals surface area contributed by atoms with Gasteiger partial charge in [-0.15, -0.1) is 0 Å². The van der Waals surface area contributed by atoms with Crippen molar-refractivity contribution in [3.63, 3.8) is 0 Å². The van der Waals surface area contributed by atoms with Crippen LogP contribution in [0.4, 0.5) is 0 Å². The molecule has 1 aromatic heterocycles. The number of thioether (sulfide) groups is 1. The molecular formula is C12H19N3O2S. The average molecular weight is 269 g/mol. The lowest BCUT2D eigenvalue weighted by Crippen LogP contribution is -2.34. The Morgan fingerprint density at radius 1 is 1.44 bits per heavy atom. The Morgan fingerprint density at radius 3 is 3.17 bits per heavy atom. The lowest BCUT2D eigenvalue weighted by Gasteiger charge is -2.14. The van der Waals surface area contributed by atoms with Crippen LogP contribution in [0.25, 0.3) is 0 Å². The van der Waals surface area contributed by atoms with E-state index >= 15 is 0 Å². The lowest BCUT2D eigenvalue weighted by atomic mass is 10.0. The quantitative estimate of drug-likeness (QED) is 0.898. The van der Waals surface area contributed by atoms with Crippen LogP contribution in [0.1, 0.15) is 42.6 Å². The molecule has 2 fully saturated rings. The first-order valence-corrected chi connectivity index (χ1v) is 7.69. The second-order valence-electron chi connectivity index (χ2n) is 4.80. The first-order chi connectivity index (χ1) is 8.88. The van der Waals surface area contributed by atoms with Crippen molar-refractivity contribution in [1.82, 2.24) is 15.5 Å². The molecule has 0 radical (unpaired) electrons. The van der Waals surface area contributed by atoms with Gasteiger partial charge in [0.05, 0.1) is 24.4 Å². The average Bonchev–Trinajstić information content (AvgIpc) is 3.10. The van der Waals surface area contributed by atoms with Crippen LogP contribution in [0, 0.1) is 0 Å². The molecule has 3 unspecified atom stereocenters. The molecule has 18 heavy (non-hydrogen) atoms. The van der Waals surface area contributed by atoms with Crippen molar-refractivity contribution >= 4 is 11.8 Å². The molecule has 3 heterocycles. The van der Waals surface area contributed by atoms with Crippen LogP contribution >= 0.6 is 11.8 Å². The smallest absolute Gasteiger partial charge is 0.233 e. The predicted molar refractivity (Wildman–Crippen MR) is 69.8 cm³/mol. The number of hydrogen-bond donors (Lipinski definition) is 1. The van der Waals surface area contributed by atoms with Crippen molar-refractivity contribution in [3.05, 3.63) is 11.7 Å². The molecule has 1 N–H and O–H groups in total. The van der Waals surface area contributed by atoms with E-state index in [4.69, 9.17) is 9.26 Å². The summed E-state index contributed by atoms with van der Waals surface area (Å²) in [6, 6.07) is 0.305. The zero-order valence-corrected chi connectivity index (χ0v) is 11.4. The highest BCUT2D eigenvalue weighted by atomic mass is 32.2. The summed E-state index contributed by atoms with van der Waals surface area (Å²) in [5, 5.41) is 7.99. The normalized spacial score (nSPS) is 32.2. The van der Waals surface area contributed by atoms with E-state index in [1.165, 1.54) is 18.6 Å². The lowest BCUT2D eigenvalue weighted by molar-refractivity contribution is 0.185. The Bertz CT molecular complexity index is 392. The van der Waals surface area contributed by atoms with E-state index in [0.29, 0.717) is 17.9 Å². The van der Waals surface area contributed by atoms with Gasteiger partial charge in [0.25, 0.3) is 0 Å². The fraction of sp³-hybridized carbons (Fsp3) is 0.833. The molecule has 0 spiro atoms. The number of nitrogens with one attached hydrogen (secondary N) is 1. The van der Waals surface area contributed by atoms with Gasteiger partial charge in [0.1, 0.15) is 0 Å². The van der Waals surface area contributed by atoms with E-state index in [0.717, 1.165) is 24.9 Å². The van der Waals surface area contributed by atoms with Crippen molar-refractivity contribution in [1.29, 1.82) is 0 Å². The van der Waals surface area contributed by atoms with E-state index < -0.39 is 0 Å². The molecule has 2 saturated heterocycles. The van der Waals surface area contributed by atoms with Crippen LogP contribution in [0.15, 0.2) is 4.52 Å². The Kier molecular flexibility index (Phi) is 3.86. The second kappa shape index (κ2) is 5.59. The molecule has 0 amide bonds. The van der Waals surface area contributed by atoms with E-state index in [1.807, 2.05) is 11.8 Å². The number of likely N-dealkylation sites (N-methyl/N-ethyl adjacent to an activating group) is 1. The van der Waals surface area contributed by atoms with Crippen LogP contribution in [-0.4, -0.2) is 41.7 Å². The van der Waals surface area contributed by atoms with Crippen LogP contribution in [0.2, 0.25) is 0 Å². The SMILES string of the molecule is CCNC1COCC1c1nc(C2CCCS2)no1. The van der Waals surface area contributed by atoms with Crippen molar-refractivity contribution in [2.24, 2.45) is 0 Å². The number of hydrogen-bond acceptors (Lipinski definition) is 6. The van der Waals surface area contributed by atoms with Crippen molar-refractivity contribution in [3.8, 4) is 0 Å². The minimum Gasteiger partial charge on any atom is -0.379 e. The van der Waals surface area contributed by atoms with Gasteiger partial charge in [0.2, 0.25) is 5.89 Å². The van der Waals surface area contributed by atoms with Gasteiger partial charge in [-0.2, -0.15) is 16.7 Å². The summed E-state index contributed by atoms with van der Waals surface area (Å²) in [5.74, 6) is 3.02. The Morgan fingerprint density at radius 2 is 2.39 bits per heavy atom. The summed E-state index contributed by atoms with van der Waals surface area (Å²) in [5.41, 5.74) is 0. The second-order valence-corrected chi connectivity index (χ2v) is 6.11. The van der Waals surface area contributed by atoms with Gasteiger partial charge in [-0.05, 0) is 25.1 Å². The van der Waals surface area contributed by atoms with Crippen LogP contribution in [0.3, 0.4) is 0 Å². The molecule has 2 aliphatic heterocycles. The summed E-state index contributed by atoms with van der Waals surface area (Å²) in [4.78, 5) is 4.59. The molecule has 0 aromatic carbocycles. The van der Waals surface area contributed by atoms with Crippen LogP contribution < -0.4 is 5.32 Å². The summed E-state index contributed by atoms with van der Waals surface area (Å²) in [7, 11) is 0. The first-order valence-electron chi connectivity index (χ1n) is 6.64. The largest absolute Gasteiger partial charge is 0.379 e. The Balaban J connectivity index is 1.71. The maximum absolute atomic E-state index is 5.52. The highest BCUT2D eigenvalue weighted by Gasteiger charge is 2.34. The molecule has 0 bridgehead atoms. The molecule has 1 aromatic rings. The predicted octanol–water partition coefficient (Wildman–Crippen LogP) is 1.73. The summed E-state index contributed by atoms with van der Waals surface area (Å²) >= 11 is 1.93. The molecule has 3 rings (SSSR count). The molecular weight excluding hydrogens is 250 g/mol. The highest BCUT2D eigenvalue weighted by molar-refractivity contribution is 7.99. The molecule has 100 valence electrons. The monoisotopic (exact) mass is 269 g/mol. The summed E-state index contributed by atoms with van der Waals surface area (Å²) in [6.45, 7) is 4.44. The zero-order valence-electron chi connectivity index (χ0n) is 10.6. The van der Waals surface area contributed by atoms with Crippen molar-refractivity contribution in [2.75, 3.05) is 25.5 Å². The minimum absolute atomic E-state index is 0.206. The maximum atomic E-state index is 5.52. The number of nitrogens with zero attached hydrogens (tertiary/aromatic N) is 2. The third-order valence-corrected chi connectivity index (χ3v) is 4.91. The van der Waals surface area contributed by atoms with E-state index in [2.05, 4.69) is 22.4 Å². The van der Waals surface area contributed by atoms with Gasteiger partial charge in [-0.3, -0.25) is 0 Å². The van der Waals surface area contributed by atoms with Gasteiger partial charge in [0.15, 0.2) is 5.82 Å². The van der Waals surface area contributed by atoms with E-state index in [9.17, 15) is 0 Å². The standard InChI is InChI=1S/C12H19N3O2S/c1-2-13-9-7-16-6-8(9)12-14-11(15-17-12)10-4-3-5-18-10/h8-10,13H,2-7H2,1H3. The van der Waals surface area contributed by atoms with Gasteiger partial charge in [0, 0.05) is 6.04 Å². The molecule has 5 nitrogen and oxygen atoms in total. The summed E-state index contributed by atoms with van der Waals surface area (Å²) in [6.07, 6.45) is 2.42. The third-order valence-electron chi connectivity index (χ3n) is 3.54. The maximum Gasteiger partial charge on any atom is 0.233 e. The zero-order chi connectivity index (χ0) is 12.4. The molecule has 2 aliphatic rings. The third kappa shape index (κ3) is 2.41. The Labute approximate surface area is 111 Å². The number of ether oxygens (including phenoxy) is 1. The Hall–Kier alpha value is -0.590. The first kappa shape index (κ1) is 12.4. The number of rotatable bonds is 4. The van der Waals surface area contributed by atoms with Crippen molar-refractivity contribution < 1.29 is 9.26 Å². The fourth-order valence-electron chi connectivity index (χ4n) is 2.57. The molecule has 0 saturated carbocycles. The molecule has 6 heteroatoms. The van der Waals surface area contributed by atoms with E-state index in [-0.39, 0.29) is 5.92 Å². The van der Waals surface area contributed by atoms with Gasteiger partial charge < -0.3 is 14.6 Å². The van der Waals surface area contributed by atoms with Gasteiger partial charge in [-0.1, -0.05) is 12.1 Å². The fourth-order valence-corrected chi connectivity index (χ4v) is 3.77. The number of aromatic nitrogens is 2. The highest BCUT2D eigenvalue weighted by Crippen LogP contribution is 2.39. The van der Waals surface area contributed by atoms with Crippen molar-refractivity contribution in [2.45, 2.75) is 37.0 Å². The minimum atomic E-state index is 0.206. The van der Waals surface area contributed by atoms with Gasteiger partial charge in [-0.25, -0.2) is 0 Å². The summed E-state index contributed by atoms with van der Waals surface area (Å²) < 4.78 is 11.0. The topological polar surface area (TPSA) is 60.2 Å². The molecule has 0 aliphatic carbocycles. The van der Waals surface area contributed by atoms with Crippen LogP contribution in [0.5, 0.6) is 0 Å². The van der Waals surface area contributed by atoms with E-state index in [1.54, 1.807) is 0 Å².